The Kier molecular flexibility index (Phi) is 8.40. The molecule has 2 amide bonds. The van der Waals surface area contributed by atoms with Gasteiger partial charge in [-0.25, -0.2) is 9.59 Å². The minimum Gasteiger partial charge on any atom is -0.480 e. The molecule has 2 saturated heterocycles. The van der Waals surface area contributed by atoms with Gasteiger partial charge in [0.1, 0.15) is 13.5 Å². The lowest BCUT2D eigenvalue weighted by Crippen LogP contribution is -2.44. The normalized spacial score (nSPS) is 27.2. The van der Waals surface area contributed by atoms with Crippen molar-refractivity contribution in [2.24, 2.45) is 0 Å². The van der Waals surface area contributed by atoms with E-state index in [1.807, 2.05) is 0 Å². The van der Waals surface area contributed by atoms with E-state index in [0.29, 0.717) is 11.5 Å². The first-order valence-corrected chi connectivity index (χ1v) is 11.2. The summed E-state index contributed by atoms with van der Waals surface area (Å²) in [5, 5.41) is 18.4. The Morgan fingerprint density at radius 3 is 1.50 bits per heavy atom. The molecule has 10 nitrogen and oxygen atoms in total. The van der Waals surface area contributed by atoms with Crippen LogP contribution in [0.5, 0.6) is 0 Å². The van der Waals surface area contributed by atoms with Gasteiger partial charge in [-0.1, -0.05) is 21.6 Å². The molecular weight excluding hydrogens is 412 g/mol. The van der Waals surface area contributed by atoms with Crippen LogP contribution in [0.15, 0.2) is 0 Å². The van der Waals surface area contributed by atoms with Crippen molar-refractivity contribution in [3.05, 3.63) is 0 Å². The van der Waals surface area contributed by atoms with Crippen LogP contribution in [0.2, 0.25) is 0 Å². The zero-order chi connectivity index (χ0) is 20.8. The van der Waals surface area contributed by atoms with E-state index in [2.05, 4.69) is 0 Å². The molecule has 0 spiro atoms. The number of carboxylic acid groups (broad SMARTS) is 2. The summed E-state index contributed by atoms with van der Waals surface area (Å²) in [5.41, 5.74) is 0. The molecule has 2 heterocycles. The molecule has 0 aromatic rings. The summed E-state index contributed by atoms with van der Waals surface area (Å²) in [5.74, 6) is -1.80. The maximum absolute atomic E-state index is 12.2. The number of hydrogen-bond donors (Lipinski definition) is 2. The summed E-state index contributed by atoms with van der Waals surface area (Å²) in [6.07, 6.45) is -0.739. The lowest BCUT2D eigenvalue weighted by molar-refractivity contribution is -0.148. The van der Waals surface area contributed by atoms with Crippen molar-refractivity contribution in [1.82, 2.24) is 9.80 Å². The summed E-state index contributed by atoms with van der Waals surface area (Å²) in [4.78, 5) is 49.3. The molecule has 0 radical (unpaired) electrons. The van der Waals surface area contributed by atoms with Crippen molar-refractivity contribution in [2.45, 2.75) is 51.0 Å². The molecule has 4 atom stereocenters. The van der Waals surface area contributed by atoms with Crippen LogP contribution in [0.25, 0.3) is 0 Å². The maximum Gasteiger partial charge on any atom is 0.329 e. The van der Waals surface area contributed by atoms with Crippen molar-refractivity contribution in [2.75, 3.05) is 25.0 Å². The second kappa shape index (κ2) is 10.3. The standard InChI is InChI=1S/C16H24N2O8S2/c1-9-13(15(21)22)17(7-25-9)11(19)3-5-27-28-6-4-12(20)18-8-26-10(2)14(18)16(23)24/h9-10,13-14H,3-8H2,1-2H3,(H,21,22)(H,23,24)/t9-,10-,13-,14-/m0/s1. The van der Waals surface area contributed by atoms with Gasteiger partial charge >= 0.3 is 11.9 Å². The average molecular weight is 437 g/mol. The maximum atomic E-state index is 12.2. The predicted molar refractivity (Wildman–Crippen MR) is 102 cm³/mol. The van der Waals surface area contributed by atoms with E-state index in [1.54, 1.807) is 13.8 Å². The molecule has 2 N–H and O–H groups in total. The highest BCUT2D eigenvalue weighted by atomic mass is 33.1. The molecule has 2 fully saturated rings. The lowest BCUT2D eigenvalue weighted by atomic mass is 10.1. The van der Waals surface area contributed by atoms with Crippen molar-refractivity contribution in [1.29, 1.82) is 0 Å². The van der Waals surface area contributed by atoms with Crippen molar-refractivity contribution in [3.8, 4) is 0 Å². The number of ether oxygens (including phenoxy) is 2. The quantitative estimate of drug-likeness (QED) is 0.388. The Balaban J connectivity index is 1.64. The second-order valence-electron chi connectivity index (χ2n) is 6.44. The van der Waals surface area contributed by atoms with Crippen LogP contribution in [0.4, 0.5) is 0 Å². The van der Waals surface area contributed by atoms with Crippen molar-refractivity contribution < 1.29 is 38.9 Å². The summed E-state index contributed by atoms with van der Waals surface area (Å²) >= 11 is 0. The van der Waals surface area contributed by atoms with Crippen LogP contribution >= 0.6 is 21.6 Å². The number of carbonyl (C=O) groups is 4. The van der Waals surface area contributed by atoms with Gasteiger partial charge < -0.3 is 29.5 Å². The van der Waals surface area contributed by atoms with Crippen LogP contribution in [0.1, 0.15) is 26.7 Å². The average Bonchev–Trinajstić information content (AvgIpc) is 3.20. The number of rotatable bonds is 9. The van der Waals surface area contributed by atoms with Crippen LogP contribution in [0, 0.1) is 0 Å². The minimum atomic E-state index is -1.08. The lowest BCUT2D eigenvalue weighted by Gasteiger charge is -2.21. The summed E-state index contributed by atoms with van der Waals surface area (Å²) < 4.78 is 10.5. The Labute approximate surface area is 170 Å². The van der Waals surface area contributed by atoms with Gasteiger partial charge in [0.05, 0.1) is 12.2 Å². The number of hydrogen-bond acceptors (Lipinski definition) is 8. The fourth-order valence-electron chi connectivity index (χ4n) is 3.03. The Bertz CT molecular complexity index is 567. The second-order valence-corrected chi connectivity index (χ2v) is 9.14. The van der Waals surface area contributed by atoms with Gasteiger partial charge in [-0.05, 0) is 13.8 Å². The smallest absolute Gasteiger partial charge is 0.329 e. The minimum absolute atomic E-state index is 0.0235. The Morgan fingerprint density at radius 2 is 1.18 bits per heavy atom. The van der Waals surface area contributed by atoms with E-state index < -0.39 is 36.2 Å². The highest BCUT2D eigenvalue weighted by Gasteiger charge is 2.41. The molecule has 0 aromatic carbocycles. The van der Waals surface area contributed by atoms with E-state index in [0.717, 1.165) is 0 Å². The van der Waals surface area contributed by atoms with Crippen LogP contribution in [-0.4, -0.2) is 93.0 Å². The fourth-order valence-corrected chi connectivity index (χ4v) is 4.99. The van der Waals surface area contributed by atoms with Gasteiger partial charge in [-0.15, -0.1) is 0 Å². The molecule has 2 rings (SSSR count). The zero-order valence-electron chi connectivity index (χ0n) is 15.6. The molecule has 0 unspecified atom stereocenters. The van der Waals surface area contributed by atoms with Crippen LogP contribution < -0.4 is 0 Å². The molecule has 12 heteroatoms. The van der Waals surface area contributed by atoms with E-state index in [4.69, 9.17) is 9.47 Å². The third-order valence-electron chi connectivity index (χ3n) is 4.54. The van der Waals surface area contributed by atoms with Gasteiger partial charge in [0, 0.05) is 24.3 Å². The highest BCUT2D eigenvalue weighted by molar-refractivity contribution is 8.76. The van der Waals surface area contributed by atoms with E-state index in [9.17, 15) is 29.4 Å². The number of carbonyl (C=O) groups excluding carboxylic acids is 2. The van der Waals surface area contributed by atoms with Crippen molar-refractivity contribution >= 4 is 45.3 Å². The molecule has 158 valence electrons. The molecule has 0 saturated carbocycles. The van der Waals surface area contributed by atoms with Crippen LogP contribution in [0.3, 0.4) is 0 Å². The topological polar surface area (TPSA) is 134 Å². The van der Waals surface area contributed by atoms with Gasteiger partial charge in [-0.2, -0.15) is 0 Å². The molecule has 2 aliphatic rings. The summed E-state index contributed by atoms with van der Waals surface area (Å²) in [6.45, 7) is 3.19. The van der Waals surface area contributed by atoms with Crippen molar-refractivity contribution in [3.63, 3.8) is 0 Å². The fraction of sp³-hybridized carbons (Fsp3) is 0.750. The highest BCUT2D eigenvalue weighted by Crippen LogP contribution is 2.26. The molecule has 2 aliphatic heterocycles. The molecule has 0 aliphatic carbocycles. The molecule has 0 bridgehead atoms. The SMILES string of the molecule is C[C@@H]1OCN(C(=O)CCSSCCC(=O)N2CO[C@@H](C)[C@H]2C(=O)O)[C@@H]1C(=O)O. The third-order valence-corrected chi connectivity index (χ3v) is 6.95. The zero-order valence-corrected chi connectivity index (χ0v) is 17.2. The Hall–Kier alpha value is -1.50. The predicted octanol–water partition coefficient (Wildman–Crippen LogP) is 0.464. The number of amides is 2. The number of nitrogens with zero attached hydrogens (tertiary/aromatic N) is 2. The monoisotopic (exact) mass is 436 g/mol. The van der Waals surface area contributed by atoms with E-state index in [1.165, 1.54) is 31.4 Å². The first-order chi connectivity index (χ1) is 13.2. The van der Waals surface area contributed by atoms with Crippen LogP contribution in [-0.2, 0) is 28.7 Å². The van der Waals surface area contributed by atoms with E-state index >= 15 is 0 Å². The largest absolute Gasteiger partial charge is 0.480 e. The molecular formula is C16H24N2O8S2. The van der Waals surface area contributed by atoms with Gasteiger partial charge in [-0.3, -0.25) is 9.59 Å². The van der Waals surface area contributed by atoms with Gasteiger partial charge in [0.25, 0.3) is 0 Å². The summed E-state index contributed by atoms with van der Waals surface area (Å²) in [7, 11) is 2.81. The number of carboxylic acids is 2. The molecule has 0 aromatic heterocycles. The summed E-state index contributed by atoms with van der Waals surface area (Å²) in [6, 6.07) is -1.93. The first-order valence-electron chi connectivity index (χ1n) is 8.76. The van der Waals surface area contributed by atoms with Gasteiger partial charge in [0.15, 0.2) is 12.1 Å². The van der Waals surface area contributed by atoms with E-state index in [-0.39, 0.29) is 38.1 Å². The number of aliphatic carboxylic acids is 2. The third kappa shape index (κ3) is 5.52. The first kappa shape index (κ1) is 22.8. The van der Waals surface area contributed by atoms with Gasteiger partial charge in [0.2, 0.25) is 11.8 Å². The molecule has 28 heavy (non-hydrogen) atoms. The Morgan fingerprint density at radius 1 is 0.821 bits per heavy atom.